The van der Waals surface area contributed by atoms with Crippen LogP contribution >= 0.6 is 11.8 Å². The molecule has 3 aromatic rings. The molecule has 0 saturated carbocycles. The van der Waals surface area contributed by atoms with E-state index in [4.69, 9.17) is 0 Å². The summed E-state index contributed by atoms with van der Waals surface area (Å²) in [5, 5.41) is 10.8. The monoisotopic (exact) mass is 340 g/mol. The van der Waals surface area contributed by atoms with Crippen LogP contribution in [-0.2, 0) is 11.3 Å². The number of thioether (sulfide) groups is 1. The fourth-order valence-electron chi connectivity index (χ4n) is 2.81. The van der Waals surface area contributed by atoms with E-state index >= 15 is 0 Å². The van der Waals surface area contributed by atoms with Gasteiger partial charge in [-0.05, 0) is 24.0 Å². The molecule has 3 rings (SSSR count). The highest BCUT2D eigenvalue weighted by Gasteiger charge is 2.26. The number of fused-ring (bicyclic) bond motifs is 1. The van der Waals surface area contributed by atoms with Crippen molar-refractivity contribution in [2.75, 3.05) is 16.9 Å². The topological polar surface area (TPSA) is 56.3 Å². The minimum Gasteiger partial charge on any atom is -0.480 e. The lowest BCUT2D eigenvalue weighted by molar-refractivity contribution is -0.138. The van der Waals surface area contributed by atoms with Crippen LogP contribution in [0.3, 0.4) is 0 Å². The van der Waals surface area contributed by atoms with Gasteiger partial charge < -0.3 is 15.0 Å². The smallest absolute Gasteiger partial charge is 0.327 e. The summed E-state index contributed by atoms with van der Waals surface area (Å²) in [5.74, 6) is 0.554. The SMILES string of the molecule is CSC[C@@H](C(=O)O)N(Cc1ccccc1)c1cc2ccccc2[nH]1. The maximum absolute atomic E-state index is 11.8. The maximum Gasteiger partial charge on any atom is 0.327 e. The van der Waals surface area contributed by atoms with Crippen LogP contribution < -0.4 is 4.90 Å². The fourth-order valence-corrected chi connectivity index (χ4v) is 3.45. The van der Waals surface area contributed by atoms with E-state index < -0.39 is 12.0 Å². The maximum atomic E-state index is 11.8. The van der Waals surface area contributed by atoms with Gasteiger partial charge in [0.2, 0.25) is 0 Å². The number of nitrogens with one attached hydrogen (secondary N) is 1. The van der Waals surface area contributed by atoms with E-state index in [9.17, 15) is 9.90 Å². The van der Waals surface area contributed by atoms with Crippen LogP contribution in [0.4, 0.5) is 5.82 Å². The molecule has 2 N–H and O–H groups in total. The average Bonchev–Trinajstić information content (AvgIpc) is 3.02. The van der Waals surface area contributed by atoms with Crippen molar-refractivity contribution in [3.05, 3.63) is 66.2 Å². The van der Waals surface area contributed by atoms with Crippen LogP contribution in [0.5, 0.6) is 0 Å². The Kier molecular flexibility index (Phi) is 5.11. The van der Waals surface area contributed by atoms with Crippen molar-refractivity contribution in [3.63, 3.8) is 0 Å². The van der Waals surface area contributed by atoms with Crippen molar-refractivity contribution < 1.29 is 9.90 Å². The van der Waals surface area contributed by atoms with Gasteiger partial charge in [0.1, 0.15) is 11.9 Å². The second-order valence-corrected chi connectivity index (χ2v) is 6.58. The summed E-state index contributed by atoms with van der Waals surface area (Å²) in [6.45, 7) is 0.547. The Bertz CT molecular complexity index is 783. The fraction of sp³-hybridized carbons (Fsp3) is 0.211. The molecule has 0 aliphatic carbocycles. The summed E-state index contributed by atoms with van der Waals surface area (Å²) in [6, 6.07) is 19.4. The van der Waals surface area contributed by atoms with E-state index in [2.05, 4.69) is 4.98 Å². The number of anilines is 1. The van der Waals surface area contributed by atoms with Crippen LogP contribution in [0, 0.1) is 0 Å². The molecule has 24 heavy (non-hydrogen) atoms. The molecular weight excluding hydrogens is 320 g/mol. The molecule has 0 aliphatic rings. The third-order valence-electron chi connectivity index (χ3n) is 4.01. The Morgan fingerprint density at radius 1 is 1.17 bits per heavy atom. The molecule has 0 fully saturated rings. The van der Waals surface area contributed by atoms with Gasteiger partial charge in [0, 0.05) is 23.2 Å². The summed E-state index contributed by atoms with van der Waals surface area (Å²) in [5.41, 5.74) is 2.10. The van der Waals surface area contributed by atoms with Crippen molar-refractivity contribution in [2.45, 2.75) is 12.6 Å². The van der Waals surface area contributed by atoms with Gasteiger partial charge in [-0.25, -0.2) is 4.79 Å². The highest BCUT2D eigenvalue weighted by molar-refractivity contribution is 7.98. The molecular formula is C19H20N2O2S. The van der Waals surface area contributed by atoms with E-state index in [0.29, 0.717) is 12.3 Å². The zero-order chi connectivity index (χ0) is 16.9. The molecule has 4 nitrogen and oxygen atoms in total. The minimum absolute atomic E-state index is 0.525. The lowest BCUT2D eigenvalue weighted by Crippen LogP contribution is -2.43. The number of para-hydroxylation sites is 1. The number of benzene rings is 2. The molecule has 0 aliphatic heterocycles. The second-order valence-electron chi connectivity index (χ2n) is 5.66. The molecule has 0 amide bonds. The zero-order valence-corrected chi connectivity index (χ0v) is 14.3. The van der Waals surface area contributed by atoms with Gasteiger partial charge in [0.25, 0.3) is 0 Å². The van der Waals surface area contributed by atoms with Gasteiger partial charge in [0.15, 0.2) is 0 Å². The third-order valence-corrected chi connectivity index (χ3v) is 4.66. The van der Waals surface area contributed by atoms with Crippen LogP contribution in [0.15, 0.2) is 60.7 Å². The standard InChI is InChI=1S/C19H20N2O2S/c1-24-13-17(19(22)23)21(12-14-7-3-2-4-8-14)18-11-15-9-5-6-10-16(15)20-18/h2-11,17,20H,12-13H2,1H3,(H,22,23)/t17-/m0/s1. The lowest BCUT2D eigenvalue weighted by atomic mass is 10.1. The molecule has 0 radical (unpaired) electrons. The largest absolute Gasteiger partial charge is 0.480 e. The van der Waals surface area contributed by atoms with Crippen molar-refractivity contribution in [1.29, 1.82) is 0 Å². The number of aromatic amines is 1. The van der Waals surface area contributed by atoms with Crippen molar-refractivity contribution >= 4 is 34.5 Å². The predicted molar refractivity (Wildman–Crippen MR) is 101 cm³/mol. The summed E-state index contributed by atoms with van der Waals surface area (Å²) in [6.07, 6.45) is 1.93. The highest BCUT2D eigenvalue weighted by atomic mass is 32.2. The first-order valence-corrected chi connectivity index (χ1v) is 9.18. The van der Waals surface area contributed by atoms with Gasteiger partial charge >= 0.3 is 5.97 Å². The number of carboxylic acid groups (broad SMARTS) is 1. The Morgan fingerprint density at radius 2 is 1.88 bits per heavy atom. The normalized spacial score (nSPS) is 12.2. The van der Waals surface area contributed by atoms with Crippen LogP contribution in [0.2, 0.25) is 0 Å². The van der Waals surface area contributed by atoms with Crippen molar-refractivity contribution in [1.82, 2.24) is 4.98 Å². The summed E-state index contributed by atoms with van der Waals surface area (Å²) < 4.78 is 0. The molecule has 5 heteroatoms. The van der Waals surface area contributed by atoms with Gasteiger partial charge in [-0.3, -0.25) is 0 Å². The molecule has 1 atom stereocenters. The molecule has 0 saturated heterocycles. The number of hydrogen-bond donors (Lipinski definition) is 2. The van der Waals surface area contributed by atoms with Crippen LogP contribution in [0.1, 0.15) is 5.56 Å². The molecule has 0 bridgehead atoms. The number of aromatic nitrogens is 1. The first kappa shape index (κ1) is 16.5. The summed E-state index contributed by atoms with van der Waals surface area (Å²) in [4.78, 5) is 17.1. The van der Waals surface area contributed by atoms with E-state index in [1.165, 1.54) is 0 Å². The number of aliphatic carboxylic acids is 1. The van der Waals surface area contributed by atoms with Crippen LogP contribution in [-0.4, -0.2) is 34.1 Å². The number of H-pyrrole nitrogens is 1. The summed E-state index contributed by atoms with van der Waals surface area (Å²) in [7, 11) is 0. The first-order chi connectivity index (χ1) is 11.7. The molecule has 2 aromatic carbocycles. The first-order valence-electron chi connectivity index (χ1n) is 7.79. The molecule has 1 aromatic heterocycles. The van der Waals surface area contributed by atoms with Crippen molar-refractivity contribution in [2.24, 2.45) is 0 Å². The quantitative estimate of drug-likeness (QED) is 0.683. The van der Waals surface area contributed by atoms with Gasteiger partial charge in [0.05, 0.1) is 0 Å². The molecule has 0 unspecified atom stereocenters. The van der Waals surface area contributed by atoms with E-state index in [-0.39, 0.29) is 0 Å². The van der Waals surface area contributed by atoms with Gasteiger partial charge in [-0.2, -0.15) is 11.8 Å². The Labute approximate surface area is 145 Å². The number of hydrogen-bond acceptors (Lipinski definition) is 3. The Morgan fingerprint density at radius 3 is 2.54 bits per heavy atom. The number of nitrogens with zero attached hydrogens (tertiary/aromatic N) is 1. The van der Waals surface area contributed by atoms with Crippen molar-refractivity contribution in [3.8, 4) is 0 Å². The minimum atomic E-state index is -0.807. The van der Waals surface area contributed by atoms with E-state index in [1.54, 1.807) is 11.8 Å². The molecule has 124 valence electrons. The molecule has 0 spiro atoms. The number of rotatable bonds is 7. The zero-order valence-electron chi connectivity index (χ0n) is 13.5. The van der Waals surface area contributed by atoms with E-state index in [0.717, 1.165) is 22.3 Å². The Balaban J connectivity index is 2.01. The number of carboxylic acids is 1. The lowest BCUT2D eigenvalue weighted by Gasteiger charge is -2.29. The number of carbonyl (C=O) groups is 1. The van der Waals surface area contributed by atoms with Crippen LogP contribution in [0.25, 0.3) is 10.9 Å². The van der Waals surface area contributed by atoms with E-state index in [1.807, 2.05) is 71.8 Å². The highest BCUT2D eigenvalue weighted by Crippen LogP contribution is 2.26. The summed E-state index contributed by atoms with van der Waals surface area (Å²) >= 11 is 1.54. The van der Waals surface area contributed by atoms with Gasteiger partial charge in [-0.1, -0.05) is 48.5 Å². The third kappa shape index (κ3) is 3.57. The van der Waals surface area contributed by atoms with Gasteiger partial charge in [-0.15, -0.1) is 0 Å². The second kappa shape index (κ2) is 7.45. The Hall–Kier alpha value is -2.40. The molecule has 1 heterocycles. The average molecular weight is 340 g/mol. The predicted octanol–water partition coefficient (Wildman–Crippen LogP) is 3.99.